The molecule has 1 aliphatic heterocycles. The van der Waals surface area contributed by atoms with Gasteiger partial charge in [-0.1, -0.05) is 31.9 Å². The normalized spacial score (nSPS) is 23.7. The summed E-state index contributed by atoms with van der Waals surface area (Å²) in [5, 5.41) is 0. The molecular weight excluding hydrogens is 190 g/mol. The Morgan fingerprint density at radius 2 is 2.29 bits per heavy atom. The number of hydrogen-bond donors (Lipinski definition) is 1. The zero-order valence-electron chi connectivity index (χ0n) is 9.34. The average Bonchev–Trinajstić information content (AvgIpc) is 2.21. The fourth-order valence-corrected chi connectivity index (χ4v) is 2.37. The minimum absolute atomic E-state index is 0.811. The van der Waals surface area contributed by atoms with Crippen LogP contribution in [0.25, 0.3) is 0 Å². The monoisotopic (exact) mass is 213 g/mol. The molecule has 1 atom stereocenters. The number of nitrogens with zero attached hydrogens (tertiary/aromatic N) is 1. The van der Waals surface area contributed by atoms with Gasteiger partial charge in [0.05, 0.1) is 0 Å². The van der Waals surface area contributed by atoms with Crippen LogP contribution in [0.1, 0.15) is 39.0 Å². The van der Waals surface area contributed by atoms with Gasteiger partial charge in [0.1, 0.15) is 0 Å². The molecule has 1 nitrogen and oxygen atoms in total. The third-order valence-electron chi connectivity index (χ3n) is 3.02. The fraction of sp³-hybridized carbons (Fsp3) is 0.833. The van der Waals surface area contributed by atoms with Crippen LogP contribution < -0.4 is 0 Å². The van der Waals surface area contributed by atoms with E-state index in [0.29, 0.717) is 0 Å². The minimum Gasteiger partial charge on any atom is -0.296 e. The Hall–Kier alpha value is 0.0500. The molecule has 1 heterocycles. The zero-order valence-corrected chi connectivity index (χ0v) is 10.2. The fourth-order valence-electron chi connectivity index (χ4n) is 2.27. The summed E-state index contributed by atoms with van der Waals surface area (Å²) in [7, 11) is 0. The maximum atomic E-state index is 4.27. The summed E-state index contributed by atoms with van der Waals surface area (Å²) < 4.78 is 0. The van der Waals surface area contributed by atoms with Crippen LogP contribution in [0.3, 0.4) is 0 Å². The molecule has 0 spiro atoms. The van der Waals surface area contributed by atoms with Crippen LogP contribution in [0.4, 0.5) is 0 Å². The molecule has 1 fully saturated rings. The van der Waals surface area contributed by atoms with Gasteiger partial charge < -0.3 is 0 Å². The van der Waals surface area contributed by atoms with E-state index in [-0.39, 0.29) is 0 Å². The van der Waals surface area contributed by atoms with Gasteiger partial charge in [-0.15, -0.1) is 0 Å². The number of rotatable bonds is 5. The van der Waals surface area contributed by atoms with Gasteiger partial charge in [0.25, 0.3) is 0 Å². The number of hydrogen-bond acceptors (Lipinski definition) is 2. The molecule has 0 bridgehead atoms. The Kier molecular flexibility index (Phi) is 5.64. The standard InChI is InChI=1S/C12H23NS/c1-3-6-12-7-4-5-8-13(12)9-11(2)10-14/h12,14H,2-10H2,1H3. The first kappa shape index (κ1) is 12.1. The molecular formula is C12H23NS. The Morgan fingerprint density at radius 3 is 2.93 bits per heavy atom. The highest BCUT2D eigenvalue weighted by Crippen LogP contribution is 2.21. The molecule has 0 aliphatic carbocycles. The van der Waals surface area contributed by atoms with Gasteiger partial charge in [0, 0.05) is 18.3 Å². The molecule has 0 radical (unpaired) electrons. The van der Waals surface area contributed by atoms with Crippen molar-refractivity contribution >= 4 is 12.6 Å². The molecule has 0 aromatic rings. The summed E-state index contributed by atoms with van der Waals surface area (Å²) in [4.78, 5) is 2.60. The third kappa shape index (κ3) is 3.66. The summed E-state index contributed by atoms with van der Waals surface area (Å²) in [5.41, 5.74) is 1.26. The van der Waals surface area contributed by atoms with Gasteiger partial charge in [-0.05, 0) is 25.8 Å². The molecule has 0 amide bonds. The van der Waals surface area contributed by atoms with E-state index >= 15 is 0 Å². The van der Waals surface area contributed by atoms with E-state index < -0.39 is 0 Å². The molecule has 2 heteroatoms. The molecule has 1 aliphatic rings. The van der Waals surface area contributed by atoms with E-state index in [1.54, 1.807) is 0 Å². The summed E-state index contributed by atoms with van der Waals surface area (Å²) >= 11 is 4.27. The molecule has 0 aromatic carbocycles. The van der Waals surface area contributed by atoms with E-state index in [2.05, 4.69) is 31.0 Å². The van der Waals surface area contributed by atoms with Crippen LogP contribution in [0.2, 0.25) is 0 Å². The lowest BCUT2D eigenvalue weighted by Gasteiger charge is -2.36. The van der Waals surface area contributed by atoms with Crippen LogP contribution in [0.15, 0.2) is 12.2 Å². The van der Waals surface area contributed by atoms with Gasteiger partial charge in [-0.2, -0.15) is 12.6 Å². The summed E-state index contributed by atoms with van der Waals surface area (Å²) in [6, 6.07) is 0.811. The molecule has 1 unspecified atom stereocenters. The number of likely N-dealkylation sites (tertiary alicyclic amines) is 1. The smallest absolute Gasteiger partial charge is 0.0201 e. The highest BCUT2D eigenvalue weighted by molar-refractivity contribution is 7.80. The number of thiol groups is 1. The lowest BCUT2D eigenvalue weighted by molar-refractivity contribution is 0.152. The van der Waals surface area contributed by atoms with Crippen molar-refractivity contribution in [2.75, 3.05) is 18.8 Å². The van der Waals surface area contributed by atoms with Crippen molar-refractivity contribution in [1.82, 2.24) is 4.90 Å². The molecule has 0 aromatic heterocycles. The quantitative estimate of drug-likeness (QED) is 0.542. The van der Waals surface area contributed by atoms with E-state index in [4.69, 9.17) is 0 Å². The second-order valence-corrected chi connectivity index (χ2v) is 4.63. The SMILES string of the molecule is C=C(CS)CN1CCCCC1CCC. The average molecular weight is 213 g/mol. The Bertz CT molecular complexity index is 177. The van der Waals surface area contributed by atoms with Crippen molar-refractivity contribution < 1.29 is 0 Å². The maximum Gasteiger partial charge on any atom is 0.0201 e. The van der Waals surface area contributed by atoms with Gasteiger partial charge in [0.2, 0.25) is 0 Å². The van der Waals surface area contributed by atoms with Gasteiger partial charge in [-0.3, -0.25) is 4.90 Å². The second kappa shape index (κ2) is 6.52. The summed E-state index contributed by atoms with van der Waals surface area (Å²) in [5.74, 6) is 0.829. The van der Waals surface area contributed by atoms with E-state index in [1.165, 1.54) is 44.2 Å². The van der Waals surface area contributed by atoms with E-state index in [9.17, 15) is 0 Å². The first-order valence-electron chi connectivity index (χ1n) is 5.79. The molecule has 1 saturated heterocycles. The topological polar surface area (TPSA) is 3.24 Å². The van der Waals surface area contributed by atoms with Gasteiger partial charge in [-0.25, -0.2) is 0 Å². The lowest BCUT2D eigenvalue weighted by atomic mass is 9.98. The van der Waals surface area contributed by atoms with Crippen molar-refractivity contribution in [1.29, 1.82) is 0 Å². The first-order chi connectivity index (χ1) is 6.77. The predicted octanol–water partition coefficient (Wildman–Crippen LogP) is 3.13. The van der Waals surface area contributed by atoms with Gasteiger partial charge >= 0.3 is 0 Å². The minimum atomic E-state index is 0.811. The third-order valence-corrected chi connectivity index (χ3v) is 3.47. The van der Waals surface area contributed by atoms with Crippen molar-refractivity contribution in [3.63, 3.8) is 0 Å². The highest BCUT2D eigenvalue weighted by atomic mass is 32.1. The van der Waals surface area contributed by atoms with Crippen LogP contribution >= 0.6 is 12.6 Å². The van der Waals surface area contributed by atoms with Crippen molar-refractivity contribution in [2.24, 2.45) is 0 Å². The highest BCUT2D eigenvalue weighted by Gasteiger charge is 2.21. The molecule has 0 N–H and O–H groups in total. The van der Waals surface area contributed by atoms with E-state index in [1.807, 2.05) is 0 Å². The lowest BCUT2D eigenvalue weighted by Crippen LogP contribution is -2.40. The Balaban J connectivity index is 2.41. The van der Waals surface area contributed by atoms with Crippen LogP contribution in [0.5, 0.6) is 0 Å². The maximum absolute atomic E-state index is 4.27. The van der Waals surface area contributed by atoms with Gasteiger partial charge in [0.15, 0.2) is 0 Å². The Labute approximate surface area is 94.0 Å². The summed E-state index contributed by atoms with van der Waals surface area (Å²) in [6.45, 7) is 8.65. The van der Waals surface area contributed by atoms with Crippen LogP contribution in [0, 0.1) is 0 Å². The van der Waals surface area contributed by atoms with Crippen molar-refractivity contribution in [3.8, 4) is 0 Å². The van der Waals surface area contributed by atoms with E-state index in [0.717, 1.165) is 18.3 Å². The van der Waals surface area contributed by atoms with Crippen LogP contribution in [-0.2, 0) is 0 Å². The molecule has 1 rings (SSSR count). The molecule has 82 valence electrons. The van der Waals surface area contributed by atoms with Crippen molar-refractivity contribution in [3.05, 3.63) is 12.2 Å². The van der Waals surface area contributed by atoms with Crippen LogP contribution in [-0.4, -0.2) is 29.8 Å². The molecule has 0 saturated carbocycles. The predicted molar refractivity (Wildman–Crippen MR) is 67.1 cm³/mol. The largest absolute Gasteiger partial charge is 0.296 e. The Morgan fingerprint density at radius 1 is 1.50 bits per heavy atom. The molecule has 14 heavy (non-hydrogen) atoms. The zero-order chi connectivity index (χ0) is 10.4. The number of piperidine rings is 1. The summed E-state index contributed by atoms with van der Waals surface area (Å²) in [6.07, 6.45) is 6.80. The second-order valence-electron chi connectivity index (χ2n) is 4.32. The van der Waals surface area contributed by atoms with Crippen molar-refractivity contribution in [2.45, 2.75) is 45.1 Å². The first-order valence-corrected chi connectivity index (χ1v) is 6.42.